The maximum Gasteiger partial charge on any atom is 0.387 e. The van der Waals surface area contributed by atoms with E-state index in [1.807, 2.05) is 37.3 Å². The number of benzene rings is 2. The zero-order valence-corrected chi connectivity index (χ0v) is 12.5. The summed E-state index contributed by atoms with van der Waals surface area (Å²) >= 11 is 3.30. The Balaban J connectivity index is 2.11. The largest absolute Gasteiger partial charge is 0.387 e. The van der Waals surface area contributed by atoms with Crippen LogP contribution in [-0.2, 0) is 4.84 Å². The molecule has 5 heteroatoms. The summed E-state index contributed by atoms with van der Waals surface area (Å²) in [6.45, 7) is 1.96. The summed E-state index contributed by atoms with van der Waals surface area (Å²) in [6, 6.07) is 14.5. The van der Waals surface area contributed by atoms with Crippen LogP contribution in [0.2, 0.25) is 0 Å². The van der Waals surface area contributed by atoms with E-state index in [2.05, 4.69) is 21.1 Å². The van der Waals surface area contributed by atoms with E-state index < -0.39 is 5.97 Å². The summed E-state index contributed by atoms with van der Waals surface area (Å²) in [4.78, 5) is 16.8. The number of halogens is 1. The van der Waals surface area contributed by atoms with Gasteiger partial charge in [0.2, 0.25) is 0 Å². The average molecular weight is 334 g/mol. The molecule has 0 aliphatic heterocycles. The fourth-order valence-electron chi connectivity index (χ4n) is 1.65. The standard InChI is InChI=1S/C15H13BrN2O2/c1-10-4-2-5-11(8-10)14(17)18-20-15(19)12-6-3-7-13(16)9-12/h2-9H,1H3,(H2,17,18)/p+1. The van der Waals surface area contributed by atoms with Gasteiger partial charge in [0.05, 0.1) is 11.1 Å². The number of carbonyl (C=O) groups is 1. The highest BCUT2D eigenvalue weighted by atomic mass is 79.9. The molecule has 0 spiro atoms. The molecule has 0 heterocycles. The molecule has 0 aliphatic rings. The fourth-order valence-corrected chi connectivity index (χ4v) is 2.05. The number of nitrogen functional groups attached to an aromatic ring is 1. The first-order chi connectivity index (χ1) is 9.56. The first kappa shape index (κ1) is 14.3. The van der Waals surface area contributed by atoms with Gasteiger partial charge in [-0.1, -0.05) is 44.8 Å². The first-order valence-electron chi connectivity index (χ1n) is 5.98. The van der Waals surface area contributed by atoms with Gasteiger partial charge in [0.1, 0.15) is 0 Å². The molecule has 0 unspecified atom stereocenters. The number of aryl methyl sites for hydroxylation is 1. The summed E-state index contributed by atoms with van der Waals surface area (Å²) in [6.07, 6.45) is 0. The third kappa shape index (κ3) is 3.68. The maximum atomic E-state index is 11.8. The van der Waals surface area contributed by atoms with Gasteiger partial charge in [-0.25, -0.2) is 4.79 Å². The number of nitrogens with two attached hydrogens (primary N) is 1. The molecule has 0 fully saturated rings. The zero-order chi connectivity index (χ0) is 14.5. The Kier molecular flexibility index (Phi) is 4.53. The zero-order valence-electron chi connectivity index (χ0n) is 10.9. The Bertz CT molecular complexity index is 668. The molecule has 0 saturated heterocycles. The van der Waals surface area contributed by atoms with Crippen LogP contribution in [0.25, 0.3) is 0 Å². The van der Waals surface area contributed by atoms with Crippen molar-refractivity contribution in [3.63, 3.8) is 0 Å². The number of hydrogen-bond donors (Lipinski definition) is 2. The SMILES string of the molecule is Cc1cccc(C(N)=[NH+]OC(=O)c2cccc(Br)c2)c1. The van der Waals surface area contributed by atoms with E-state index >= 15 is 0 Å². The lowest BCUT2D eigenvalue weighted by atomic mass is 10.1. The molecule has 2 aromatic carbocycles. The van der Waals surface area contributed by atoms with Gasteiger partial charge in [0.25, 0.3) is 0 Å². The van der Waals surface area contributed by atoms with Crippen molar-refractivity contribution in [2.24, 2.45) is 5.73 Å². The van der Waals surface area contributed by atoms with Crippen molar-refractivity contribution in [3.05, 3.63) is 69.7 Å². The van der Waals surface area contributed by atoms with Crippen molar-refractivity contribution in [1.29, 1.82) is 0 Å². The van der Waals surface area contributed by atoms with Gasteiger partial charge in [0.15, 0.2) is 0 Å². The van der Waals surface area contributed by atoms with Gasteiger partial charge in [0, 0.05) is 4.47 Å². The summed E-state index contributed by atoms with van der Waals surface area (Å²) in [5, 5.41) is 2.47. The average Bonchev–Trinajstić information content (AvgIpc) is 2.44. The van der Waals surface area contributed by atoms with E-state index in [1.54, 1.807) is 18.2 Å². The molecule has 0 bridgehead atoms. The molecule has 102 valence electrons. The molecule has 3 N–H and O–H groups in total. The van der Waals surface area contributed by atoms with E-state index in [0.717, 1.165) is 15.6 Å². The summed E-state index contributed by atoms with van der Waals surface area (Å²) in [7, 11) is 0. The van der Waals surface area contributed by atoms with Gasteiger partial charge in [-0.3, -0.25) is 10.6 Å². The normalized spacial score (nSPS) is 11.2. The molecule has 0 atom stereocenters. The van der Waals surface area contributed by atoms with Gasteiger partial charge < -0.3 is 0 Å². The Morgan fingerprint density at radius 3 is 2.55 bits per heavy atom. The third-order valence-electron chi connectivity index (χ3n) is 2.64. The first-order valence-corrected chi connectivity index (χ1v) is 6.78. The maximum absolute atomic E-state index is 11.8. The number of carbonyl (C=O) groups excluding carboxylic acids is 1. The summed E-state index contributed by atoms with van der Waals surface area (Å²) in [5.74, 6) is -0.209. The van der Waals surface area contributed by atoms with Crippen LogP contribution in [0.15, 0.2) is 53.0 Å². The predicted molar refractivity (Wildman–Crippen MR) is 80.0 cm³/mol. The number of hydrogen-bond acceptors (Lipinski definition) is 2. The van der Waals surface area contributed by atoms with Crippen LogP contribution in [-0.4, -0.2) is 11.8 Å². The topological polar surface area (TPSA) is 66.3 Å². The van der Waals surface area contributed by atoms with E-state index in [1.165, 1.54) is 0 Å². The summed E-state index contributed by atoms with van der Waals surface area (Å²) in [5.41, 5.74) is 8.12. The van der Waals surface area contributed by atoms with Crippen LogP contribution in [0.1, 0.15) is 21.5 Å². The third-order valence-corrected chi connectivity index (χ3v) is 3.14. The molecular weight excluding hydrogens is 320 g/mol. The van der Waals surface area contributed by atoms with Crippen molar-refractivity contribution >= 4 is 27.7 Å². The van der Waals surface area contributed by atoms with Crippen LogP contribution in [0.4, 0.5) is 0 Å². The lowest BCUT2D eigenvalue weighted by molar-refractivity contribution is -0.721. The van der Waals surface area contributed by atoms with Crippen LogP contribution in [0, 0.1) is 6.92 Å². The van der Waals surface area contributed by atoms with Crippen molar-refractivity contribution in [3.8, 4) is 0 Å². The highest BCUT2D eigenvalue weighted by molar-refractivity contribution is 9.10. The van der Waals surface area contributed by atoms with Gasteiger partial charge in [-0.15, -0.1) is 0 Å². The molecular formula is C15H14BrN2O2+. The van der Waals surface area contributed by atoms with Crippen molar-refractivity contribution in [1.82, 2.24) is 0 Å². The predicted octanol–water partition coefficient (Wildman–Crippen LogP) is 1.32. The lowest BCUT2D eigenvalue weighted by Gasteiger charge is -1.99. The minimum Gasteiger partial charge on any atom is -0.284 e. The molecule has 0 amide bonds. The van der Waals surface area contributed by atoms with E-state index in [4.69, 9.17) is 10.6 Å². The molecule has 0 saturated carbocycles. The Morgan fingerprint density at radius 1 is 1.15 bits per heavy atom. The van der Waals surface area contributed by atoms with Gasteiger partial charge in [-0.2, -0.15) is 0 Å². The number of nitrogens with one attached hydrogen (secondary N) is 1. The summed E-state index contributed by atoms with van der Waals surface area (Å²) < 4.78 is 0.808. The monoisotopic (exact) mass is 333 g/mol. The minimum atomic E-state index is -0.498. The van der Waals surface area contributed by atoms with Gasteiger partial charge in [-0.05, 0) is 37.3 Å². The van der Waals surface area contributed by atoms with E-state index in [0.29, 0.717) is 5.56 Å². The highest BCUT2D eigenvalue weighted by Gasteiger charge is 2.11. The van der Waals surface area contributed by atoms with Crippen molar-refractivity contribution in [2.75, 3.05) is 0 Å². The second kappa shape index (κ2) is 6.34. The Morgan fingerprint density at radius 2 is 1.85 bits per heavy atom. The molecule has 2 rings (SSSR count). The smallest absolute Gasteiger partial charge is 0.284 e. The number of amidine groups is 1. The Labute approximate surface area is 125 Å². The molecule has 0 radical (unpaired) electrons. The second-order valence-electron chi connectivity index (χ2n) is 4.29. The number of rotatable bonds is 3. The highest BCUT2D eigenvalue weighted by Crippen LogP contribution is 2.11. The molecule has 0 aliphatic carbocycles. The fraction of sp³-hybridized carbons (Fsp3) is 0.0667. The second-order valence-corrected chi connectivity index (χ2v) is 5.20. The van der Waals surface area contributed by atoms with E-state index in [-0.39, 0.29) is 5.84 Å². The lowest BCUT2D eigenvalue weighted by Crippen LogP contribution is -2.75. The van der Waals surface area contributed by atoms with Crippen LogP contribution < -0.4 is 10.9 Å². The molecule has 2 aromatic rings. The quantitative estimate of drug-likeness (QED) is 0.385. The van der Waals surface area contributed by atoms with Crippen LogP contribution >= 0.6 is 15.9 Å². The molecule has 4 nitrogen and oxygen atoms in total. The van der Waals surface area contributed by atoms with E-state index in [9.17, 15) is 4.79 Å². The van der Waals surface area contributed by atoms with Crippen LogP contribution in [0.3, 0.4) is 0 Å². The molecule has 0 aromatic heterocycles. The van der Waals surface area contributed by atoms with Crippen LogP contribution in [0.5, 0.6) is 0 Å². The molecule has 20 heavy (non-hydrogen) atoms. The Hall–Kier alpha value is -2.14. The van der Waals surface area contributed by atoms with Crippen molar-refractivity contribution in [2.45, 2.75) is 6.92 Å². The van der Waals surface area contributed by atoms with Gasteiger partial charge >= 0.3 is 11.8 Å². The van der Waals surface area contributed by atoms with Crippen molar-refractivity contribution < 1.29 is 14.8 Å². The minimum absolute atomic E-state index is 0.289.